The second-order valence-electron chi connectivity index (χ2n) is 6.54. The van der Waals surface area contributed by atoms with Gasteiger partial charge in [0, 0.05) is 40.1 Å². The molecule has 0 aliphatic rings. The van der Waals surface area contributed by atoms with Gasteiger partial charge in [0.1, 0.15) is 5.75 Å². The Morgan fingerprint density at radius 3 is 2.52 bits per heavy atom. The highest BCUT2D eigenvalue weighted by molar-refractivity contribution is 6.06. The average Bonchev–Trinajstić information content (AvgIpc) is 2.78. The maximum Gasteiger partial charge on any atom is 0.258 e. The van der Waals surface area contributed by atoms with Crippen molar-refractivity contribution in [3.8, 4) is 5.75 Å². The summed E-state index contributed by atoms with van der Waals surface area (Å²) in [7, 11) is 1.60. The number of amides is 1. The maximum absolute atomic E-state index is 13.2. The lowest BCUT2D eigenvalue weighted by molar-refractivity contribution is 0.0985. The van der Waals surface area contributed by atoms with Gasteiger partial charge in [-0.1, -0.05) is 18.2 Å². The number of benzene rings is 2. The number of nitrogens with one attached hydrogen (secondary N) is 1. The van der Waals surface area contributed by atoms with E-state index >= 15 is 0 Å². The molecule has 0 aliphatic heterocycles. The van der Waals surface area contributed by atoms with E-state index in [-0.39, 0.29) is 18.0 Å². The molecule has 0 atom stereocenters. The minimum Gasteiger partial charge on any atom is -0.497 e. The molecule has 2 aromatic carbocycles. The molecule has 4 aromatic rings. The first-order valence-corrected chi connectivity index (χ1v) is 9.12. The lowest BCUT2D eigenvalue weighted by Gasteiger charge is -2.23. The van der Waals surface area contributed by atoms with Crippen molar-refractivity contribution < 1.29 is 9.53 Å². The predicted octanol–water partition coefficient (Wildman–Crippen LogP) is 3.78. The summed E-state index contributed by atoms with van der Waals surface area (Å²) in [6, 6.07) is 19.9. The zero-order valence-electron chi connectivity index (χ0n) is 15.8. The number of pyridine rings is 2. The van der Waals surface area contributed by atoms with E-state index in [4.69, 9.17) is 4.74 Å². The van der Waals surface area contributed by atoms with Crippen LogP contribution < -0.4 is 15.2 Å². The minimum absolute atomic E-state index is 0.133. The van der Waals surface area contributed by atoms with Crippen LogP contribution in [0.5, 0.6) is 5.75 Å². The summed E-state index contributed by atoms with van der Waals surface area (Å²) >= 11 is 0. The number of anilines is 1. The van der Waals surface area contributed by atoms with Crippen molar-refractivity contribution in [2.45, 2.75) is 6.54 Å². The highest BCUT2D eigenvalue weighted by atomic mass is 16.5. The zero-order chi connectivity index (χ0) is 20.2. The third-order valence-electron chi connectivity index (χ3n) is 4.70. The standard InChI is InChI=1S/C23H19N3O3/c1-29-20-7-8-21-17(14-20)13-18(22(27)25-21)15-26(19-5-3-2-4-6-19)23(28)16-9-11-24-12-10-16/h2-14H,15H2,1H3,(H,25,27). The van der Waals surface area contributed by atoms with Crippen LogP contribution >= 0.6 is 0 Å². The molecule has 29 heavy (non-hydrogen) atoms. The van der Waals surface area contributed by atoms with E-state index in [0.29, 0.717) is 28.1 Å². The van der Waals surface area contributed by atoms with Gasteiger partial charge in [0.05, 0.1) is 13.7 Å². The van der Waals surface area contributed by atoms with E-state index in [1.54, 1.807) is 54.7 Å². The first-order valence-electron chi connectivity index (χ1n) is 9.12. The summed E-state index contributed by atoms with van der Waals surface area (Å²) < 4.78 is 5.28. The van der Waals surface area contributed by atoms with Gasteiger partial charge >= 0.3 is 0 Å². The smallest absolute Gasteiger partial charge is 0.258 e. The summed E-state index contributed by atoms with van der Waals surface area (Å²) in [4.78, 5) is 34.3. The Morgan fingerprint density at radius 2 is 1.79 bits per heavy atom. The van der Waals surface area contributed by atoms with Gasteiger partial charge in [0.2, 0.25) is 0 Å². The van der Waals surface area contributed by atoms with Crippen molar-refractivity contribution in [2.24, 2.45) is 0 Å². The highest BCUT2D eigenvalue weighted by Gasteiger charge is 2.19. The van der Waals surface area contributed by atoms with Crippen LogP contribution in [0.4, 0.5) is 5.69 Å². The Bertz CT molecular complexity index is 1200. The van der Waals surface area contributed by atoms with Crippen LogP contribution in [0.2, 0.25) is 0 Å². The number of H-pyrrole nitrogens is 1. The van der Waals surface area contributed by atoms with Crippen molar-refractivity contribution in [1.82, 2.24) is 9.97 Å². The summed E-state index contributed by atoms with van der Waals surface area (Å²) in [5.41, 5.74) is 2.18. The predicted molar refractivity (Wildman–Crippen MR) is 112 cm³/mol. The van der Waals surface area contributed by atoms with Gasteiger partial charge in [-0.15, -0.1) is 0 Å². The number of fused-ring (bicyclic) bond motifs is 1. The number of hydrogen-bond donors (Lipinski definition) is 1. The number of methoxy groups -OCH3 is 1. The molecule has 1 N–H and O–H groups in total. The van der Waals surface area contributed by atoms with E-state index in [1.165, 1.54) is 0 Å². The van der Waals surface area contributed by atoms with Gasteiger partial charge in [-0.3, -0.25) is 14.6 Å². The molecule has 0 radical (unpaired) electrons. The summed E-state index contributed by atoms with van der Waals surface area (Å²) in [5.74, 6) is 0.493. The van der Waals surface area contributed by atoms with Crippen molar-refractivity contribution in [3.05, 3.63) is 101 Å². The average molecular weight is 385 g/mol. The number of hydrogen-bond acceptors (Lipinski definition) is 4. The first-order chi connectivity index (χ1) is 14.2. The van der Waals surface area contributed by atoms with Gasteiger partial charge in [0.25, 0.3) is 11.5 Å². The van der Waals surface area contributed by atoms with Gasteiger partial charge in [0.15, 0.2) is 0 Å². The fourth-order valence-electron chi connectivity index (χ4n) is 3.18. The third-order valence-corrected chi connectivity index (χ3v) is 4.70. The number of aromatic nitrogens is 2. The molecule has 0 spiro atoms. The quantitative estimate of drug-likeness (QED) is 0.567. The zero-order valence-corrected chi connectivity index (χ0v) is 15.8. The Balaban J connectivity index is 1.77. The molecular formula is C23H19N3O3. The van der Waals surface area contributed by atoms with Crippen LogP contribution in [0, 0.1) is 0 Å². The number of nitrogens with zero attached hydrogens (tertiary/aromatic N) is 2. The van der Waals surface area contributed by atoms with E-state index in [9.17, 15) is 9.59 Å². The van der Waals surface area contributed by atoms with Gasteiger partial charge in [-0.2, -0.15) is 0 Å². The van der Waals surface area contributed by atoms with E-state index in [0.717, 1.165) is 5.39 Å². The van der Waals surface area contributed by atoms with Crippen LogP contribution in [0.3, 0.4) is 0 Å². The molecular weight excluding hydrogens is 366 g/mol. The molecule has 144 valence electrons. The van der Waals surface area contributed by atoms with E-state index in [1.807, 2.05) is 36.4 Å². The number of aromatic amines is 1. The van der Waals surface area contributed by atoms with Crippen molar-refractivity contribution >= 4 is 22.5 Å². The summed E-state index contributed by atoms with van der Waals surface area (Å²) in [6.45, 7) is 0.133. The third kappa shape index (κ3) is 3.87. The van der Waals surface area contributed by atoms with Gasteiger partial charge < -0.3 is 14.6 Å². The molecule has 0 bridgehead atoms. The molecule has 0 fully saturated rings. The van der Waals surface area contributed by atoms with Crippen molar-refractivity contribution in [3.63, 3.8) is 0 Å². The molecule has 6 nitrogen and oxygen atoms in total. The minimum atomic E-state index is -0.230. The highest BCUT2D eigenvalue weighted by Crippen LogP contribution is 2.22. The van der Waals surface area contributed by atoms with E-state index in [2.05, 4.69) is 9.97 Å². The number of para-hydroxylation sites is 1. The van der Waals surface area contributed by atoms with Gasteiger partial charge in [-0.05, 0) is 48.5 Å². The Labute approximate surface area is 167 Å². The lowest BCUT2D eigenvalue weighted by atomic mass is 10.1. The molecule has 0 aliphatic carbocycles. The topological polar surface area (TPSA) is 75.3 Å². The van der Waals surface area contributed by atoms with Crippen LogP contribution in [-0.4, -0.2) is 23.0 Å². The fraction of sp³-hybridized carbons (Fsp3) is 0.0870. The number of carbonyl (C=O) groups is 1. The molecule has 2 heterocycles. The van der Waals surface area contributed by atoms with Gasteiger partial charge in [-0.25, -0.2) is 0 Å². The number of carbonyl (C=O) groups excluding carboxylic acids is 1. The van der Waals surface area contributed by atoms with E-state index < -0.39 is 0 Å². The molecule has 2 aromatic heterocycles. The summed E-state index contributed by atoms with van der Waals surface area (Å²) in [5, 5.41) is 0.836. The van der Waals surface area contributed by atoms with Crippen molar-refractivity contribution in [2.75, 3.05) is 12.0 Å². The molecule has 0 saturated carbocycles. The number of rotatable bonds is 5. The van der Waals surface area contributed by atoms with Crippen LogP contribution in [-0.2, 0) is 6.54 Å². The Kier molecular flexibility index (Phi) is 5.07. The monoisotopic (exact) mass is 385 g/mol. The first kappa shape index (κ1) is 18.4. The maximum atomic E-state index is 13.2. The van der Waals surface area contributed by atoms with Crippen molar-refractivity contribution in [1.29, 1.82) is 0 Å². The Morgan fingerprint density at radius 1 is 1.03 bits per heavy atom. The summed E-state index contributed by atoms with van der Waals surface area (Å²) in [6.07, 6.45) is 3.15. The normalized spacial score (nSPS) is 10.7. The molecule has 1 amide bonds. The number of ether oxygens (including phenoxy) is 1. The second-order valence-corrected chi connectivity index (χ2v) is 6.54. The van der Waals surface area contributed by atoms with Crippen LogP contribution in [0.15, 0.2) is 83.9 Å². The SMILES string of the molecule is COc1ccc2[nH]c(=O)c(CN(C(=O)c3ccncc3)c3ccccc3)cc2c1. The molecule has 4 rings (SSSR count). The van der Waals surface area contributed by atoms with Crippen LogP contribution in [0.25, 0.3) is 10.9 Å². The largest absolute Gasteiger partial charge is 0.497 e. The van der Waals surface area contributed by atoms with Crippen LogP contribution in [0.1, 0.15) is 15.9 Å². The second kappa shape index (κ2) is 7.98. The molecule has 0 saturated heterocycles. The molecule has 6 heteroatoms. The Hall–Kier alpha value is -3.93. The lowest BCUT2D eigenvalue weighted by Crippen LogP contribution is -2.32. The molecule has 0 unspecified atom stereocenters. The fourth-order valence-corrected chi connectivity index (χ4v) is 3.18.